The normalized spacial score (nSPS) is 10.4. The Bertz CT molecular complexity index is 717. The Morgan fingerprint density at radius 3 is 2.67 bits per heavy atom. The number of carbonyl (C=O) groups excluding carboxylic acids is 1. The fraction of sp³-hybridized carbons (Fsp3) is 0.0833. The van der Waals surface area contributed by atoms with E-state index in [1.807, 2.05) is 0 Å². The summed E-state index contributed by atoms with van der Waals surface area (Å²) in [6.45, 7) is 0. The Morgan fingerprint density at radius 2 is 2.10 bits per heavy atom. The zero-order chi connectivity index (χ0) is 15.6. The summed E-state index contributed by atoms with van der Waals surface area (Å²) in [5.74, 6) is -2.29. The van der Waals surface area contributed by atoms with E-state index in [2.05, 4.69) is 4.74 Å². The van der Waals surface area contributed by atoms with Crippen molar-refractivity contribution in [1.82, 2.24) is 0 Å². The second-order valence-electron chi connectivity index (χ2n) is 3.71. The molecule has 0 N–H and O–H groups in total. The minimum Gasteiger partial charge on any atom is -0.465 e. The van der Waals surface area contributed by atoms with E-state index in [-0.39, 0.29) is 19.7 Å². The second-order valence-corrected chi connectivity index (χ2v) is 6.07. The largest absolute Gasteiger partial charge is 0.465 e. The van der Waals surface area contributed by atoms with E-state index in [1.54, 1.807) is 0 Å². The summed E-state index contributed by atoms with van der Waals surface area (Å²) in [6, 6.07) is 3.98. The van der Waals surface area contributed by atoms with Crippen LogP contribution in [0.3, 0.4) is 0 Å². The molecule has 0 unspecified atom stereocenters. The molecule has 0 saturated heterocycles. The van der Waals surface area contributed by atoms with Crippen molar-refractivity contribution in [2.75, 3.05) is 7.11 Å². The maximum atomic E-state index is 13.6. The van der Waals surface area contributed by atoms with Gasteiger partial charge in [-0.15, -0.1) is 11.3 Å². The van der Waals surface area contributed by atoms with Crippen LogP contribution in [0.5, 0.6) is 0 Å². The van der Waals surface area contributed by atoms with E-state index in [0.717, 1.165) is 42.3 Å². The van der Waals surface area contributed by atoms with Crippen molar-refractivity contribution in [3.05, 3.63) is 50.9 Å². The van der Waals surface area contributed by atoms with Crippen LogP contribution in [0.1, 0.15) is 9.67 Å². The molecule has 2 rings (SSSR count). The Kier molecular flexibility index (Phi) is 4.53. The number of benzene rings is 1. The number of esters is 1. The Hall–Kier alpha value is -2.00. The predicted molar refractivity (Wildman–Crippen MR) is 72.8 cm³/mol. The smallest absolute Gasteiger partial charge is 0.348 e. The van der Waals surface area contributed by atoms with Crippen LogP contribution in [0.25, 0.3) is 0 Å². The van der Waals surface area contributed by atoms with Gasteiger partial charge in [-0.1, -0.05) is 11.8 Å². The first-order valence-electron chi connectivity index (χ1n) is 5.42. The van der Waals surface area contributed by atoms with Gasteiger partial charge in [0.25, 0.3) is 5.69 Å². The number of ether oxygens (including phenoxy) is 1. The average molecular weight is 331 g/mol. The van der Waals surface area contributed by atoms with Gasteiger partial charge in [0.05, 0.1) is 12.0 Å². The van der Waals surface area contributed by atoms with Crippen LogP contribution in [-0.4, -0.2) is 18.0 Å². The molecule has 0 aliphatic carbocycles. The van der Waals surface area contributed by atoms with Crippen molar-refractivity contribution in [2.24, 2.45) is 0 Å². The highest BCUT2D eigenvalue weighted by molar-refractivity contribution is 8.01. The molecule has 1 aromatic carbocycles. The molecule has 0 saturated carbocycles. The SMILES string of the molecule is COC(=O)c1cc([N+](=O)[O-])c(Sc2ccc(F)cc2F)s1. The summed E-state index contributed by atoms with van der Waals surface area (Å²) in [5, 5.41) is 11.0. The molecule has 0 atom stereocenters. The molecule has 1 aromatic heterocycles. The van der Waals surface area contributed by atoms with Crippen molar-refractivity contribution in [2.45, 2.75) is 9.10 Å². The highest BCUT2D eigenvalue weighted by Gasteiger charge is 2.24. The molecule has 0 amide bonds. The third-order valence-electron chi connectivity index (χ3n) is 2.36. The van der Waals surface area contributed by atoms with Crippen LogP contribution < -0.4 is 0 Å². The van der Waals surface area contributed by atoms with Gasteiger partial charge in [0.1, 0.15) is 20.7 Å². The topological polar surface area (TPSA) is 69.4 Å². The van der Waals surface area contributed by atoms with E-state index in [4.69, 9.17) is 0 Å². The first-order chi connectivity index (χ1) is 9.92. The maximum Gasteiger partial charge on any atom is 0.348 e. The number of hydrogen-bond donors (Lipinski definition) is 0. The van der Waals surface area contributed by atoms with E-state index >= 15 is 0 Å². The fourth-order valence-electron chi connectivity index (χ4n) is 1.42. The summed E-state index contributed by atoms with van der Waals surface area (Å²) >= 11 is 1.57. The first-order valence-corrected chi connectivity index (χ1v) is 7.05. The number of rotatable bonds is 4. The summed E-state index contributed by atoms with van der Waals surface area (Å²) < 4.78 is 31.0. The Labute approximate surface area is 125 Å². The van der Waals surface area contributed by atoms with Gasteiger partial charge in [-0.25, -0.2) is 13.6 Å². The van der Waals surface area contributed by atoms with Crippen LogP contribution in [0.2, 0.25) is 0 Å². The van der Waals surface area contributed by atoms with Crippen LogP contribution in [0.15, 0.2) is 33.4 Å². The molecule has 2 aromatic rings. The van der Waals surface area contributed by atoms with Gasteiger partial charge in [-0.3, -0.25) is 10.1 Å². The molecule has 0 aliphatic rings. The minimum atomic E-state index is -0.831. The summed E-state index contributed by atoms with van der Waals surface area (Å²) in [6.07, 6.45) is 0. The minimum absolute atomic E-state index is 0.0257. The molecule has 0 bridgehead atoms. The molecule has 21 heavy (non-hydrogen) atoms. The van der Waals surface area contributed by atoms with E-state index in [1.165, 1.54) is 6.07 Å². The highest BCUT2D eigenvalue weighted by atomic mass is 32.2. The van der Waals surface area contributed by atoms with E-state index in [9.17, 15) is 23.7 Å². The molecule has 9 heteroatoms. The average Bonchev–Trinajstić information content (AvgIpc) is 2.85. The van der Waals surface area contributed by atoms with Crippen LogP contribution in [0, 0.1) is 21.7 Å². The third-order valence-corrected chi connectivity index (χ3v) is 4.70. The van der Waals surface area contributed by atoms with Crippen LogP contribution >= 0.6 is 23.1 Å². The van der Waals surface area contributed by atoms with Gasteiger partial charge in [0.2, 0.25) is 0 Å². The number of hydrogen-bond acceptors (Lipinski definition) is 6. The molecular weight excluding hydrogens is 324 g/mol. The molecule has 1 heterocycles. The summed E-state index contributed by atoms with van der Waals surface area (Å²) in [5.41, 5.74) is -0.325. The quantitative estimate of drug-likeness (QED) is 0.483. The van der Waals surface area contributed by atoms with Gasteiger partial charge in [-0.2, -0.15) is 0 Å². The summed E-state index contributed by atoms with van der Waals surface area (Å²) in [4.78, 5) is 21.8. The number of carbonyl (C=O) groups is 1. The lowest BCUT2D eigenvalue weighted by Gasteiger charge is -2.00. The van der Waals surface area contributed by atoms with E-state index in [0.29, 0.717) is 6.07 Å². The molecule has 5 nitrogen and oxygen atoms in total. The van der Waals surface area contributed by atoms with Gasteiger partial charge in [-0.05, 0) is 12.1 Å². The monoisotopic (exact) mass is 331 g/mol. The van der Waals surface area contributed by atoms with Gasteiger partial charge < -0.3 is 4.74 Å². The van der Waals surface area contributed by atoms with E-state index < -0.39 is 22.5 Å². The van der Waals surface area contributed by atoms with Crippen molar-refractivity contribution in [1.29, 1.82) is 0 Å². The first kappa shape index (κ1) is 15.4. The third kappa shape index (κ3) is 3.37. The zero-order valence-corrected chi connectivity index (χ0v) is 12.1. The number of nitro groups is 1. The Balaban J connectivity index is 2.40. The van der Waals surface area contributed by atoms with Gasteiger partial charge in [0.15, 0.2) is 0 Å². The second kappa shape index (κ2) is 6.19. The molecular formula is C12H7F2NO4S2. The van der Waals surface area contributed by atoms with Crippen LogP contribution in [0.4, 0.5) is 14.5 Å². The molecule has 0 radical (unpaired) electrons. The lowest BCUT2D eigenvalue weighted by atomic mass is 10.3. The number of methoxy groups -OCH3 is 1. The van der Waals surface area contributed by atoms with Gasteiger partial charge >= 0.3 is 5.97 Å². The molecule has 0 fully saturated rings. The zero-order valence-electron chi connectivity index (χ0n) is 10.5. The van der Waals surface area contributed by atoms with Crippen LogP contribution in [-0.2, 0) is 4.74 Å². The lowest BCUT2D eigenvalue weighted by molar-refractivity contribution is -0.387. The van der Waals surface area contributed by atoms with Crippen molar-refractivity contribution in [3.8, 4) is 0 Å². The molecule has 0 spiro atoms. The number of nitrogens with zero attached hydrogens (tertiary/aromatic N) is 1. The standard InChI is InChI=1S/C12H7F2NO4S2/c1-19-11(16)10-5-8(15(17)18)12(21-10)20-9-3-2-6(13)4-7(9)14/h2-5H,1H3. The maximum absolute atomic E-state index is 13.6. The fourth-order valence-corrected chi connectivity index (χ4v) is 3.63. The molecule has 0 aliphatic heterocycles. The van der Waals surface area contributed by atoms with Gasteiger partial charge in [0, 0.05) is 17.0 Å². The predicted octanol–water partition coefficient (Wildman–Crippen LogP) is 3.87. The van der Waals surface area contributed by atoms with Crippen molar-refractivity contribution in [3.63, 3.8) is 0 Å². The van der Waals surface area contributed by atoms with Crippen molar-refractivity contribution < 1.29 is 23.2 Å². The number of halogens is 2. The Morgan fingerprint density at radius 1 is 1.38 bits per heavy atom. The summed E-state index contributed by atoms with van der Waals surface area (Å²) in [7, 11) is 1.15. The van der Waals surface area contributed by atoms with Crippen molar-refractivity contribution >= 4 is 34.8 Å². The molecule has 110 valence electrons. The number of thiophene rings is 1. The highest BCUT2D eigenvalue weighted by Crippen LogP contribution is 2.42. The lowest BCUT2D eigenvalue weighted by Crippen LogP contribution is -1.97.